The molecule has 2 aromatic rings. The van der Waals surface area contributed by atoms with Crippen molar-refractivity contribution in [1.82, 2.24) is 20.1 Å². The van der Waals surface area contributed by atoms with Crippen molar-refractivity contribution in [1.29, 1.82) is 0 Å². The van der Waals surface area contributed by atoms with Gasteiger partial charge in [-0.05, 0) is 5.56 Å². The highest BCUT2D eigenvalue weighted by atomic mass is 32.1. The maximum atomic E-state index is 4.62. The summed E-state index contributed by atoms with van der Waals surface area (Å²) in [4.78, 5) is 15.9. The average Bonchev–Trinajstić information content (AvgIpc) is 3.20. The Labute approximate surface area is 172 Å². The fraction of sp³-hybridized carbons (Fsp3) is 0.429. The molecular formula is C21H30N6S. The molecule has 1 aromatic heterocycles. The van der Waals surface area contributed by atoms with E-state index in [9.17, 15) is 0 Å². The minimum atomic E-state index is 0.705. The zero-order valence-corrected chi connectivity index (χ0v) is 17.8. The monoisotopic (exact) mass is 398 g/mol. The van der Waals surface area contributed by atoms with Crippen molar-refractivity contribution in [3.8, 4) is 0 Å². The Kier molecular flexibility index (Phi) is 7.45. The summed E-state index contributed by atoms with van der Waals surface area (Å²) in [7, 11) is 5.89. The zero-order chi connectivity index (χ0) is 19.8. The van der Waals surface area contributed by atoms with Crippen LogP contribution in [-0.2, 0) is 6.54 Å². The molecule has 0 atom stereocenters. The molecule has 2 heterocycles. The highest BCUT2D eigenvalue weighted by Crippen LogP contribution is 2.17. The van der Waals surface area contributed by atoms with Crippen LogP contribution in [0.4, 0.5) is 5.13 Å². The predicted octanol–water partition coefficient (Wildman–Crippen LogP) is 2.62. The molecule has 0 unspecified atom stereocenters. The van der Waals surface area contributed by atoms with Crippen molar-refractivity contribution < 1.29 is 0 Å². The molecule has 28 heavy (non-hydrogen) atoms. The number of aromatic nitrogens is 1. The molecule has 0 bridgehead atoms. The molecule has 0 radical (unpaired) electrons. The molecule has 1 aliphatic rings. The lowest BCUT2D eigenvalue weighted by molar-refractivity contribution is 0.194. The normalized spacial score (nSPS) is 16.0. The molecule has 0 amide bonds. The number of benzene rings is 1. The SMILES string of the molecule is CN=C(NCc1csc(N(C)C)n1)N1CCN(C/C=C/c2ccccc2)CC1. The molecule has 1 saturated heterocycles. The van der Waals surface area contributed by atoms with Crippen LogP contribution in [0.2, 0.25) is 0 Å². The number of piperazine rings is 1. The quantitative estimate of drug-likeness (QED) is 0.599. The number of rotatable bonds is 6. The van der Waals surface area contributed by atoms with E-state index in [0.29, 0.717) is 6.54 Å². The maximum absolute atomic E-state index is 4.62. The summed E-state index contributed by atoms with van der Waals surface area (Å²) in [6.07, 6.45) is 4.45. The van der Waals surface area contributed by atoms with Gasteiger partial charge in [0.05, 0.1) is 12.2 Å². The third-order valence-electron chi connectivity index (χ3n) is 4.71. The Bertz CT molecular complexity index is 775. The van der Waals surface area contributed by atoms with Crippen LogP contribution >= 0.6 is 11.3 Å². The fourth-order valence-corrected chi connectivity index (χ4v) is 3.89. The lowest BCUT2D eigenvalue weighted by atomic mass is 10.2. The van der Waals surface area contributed by atoms with E-state index in [0.717, 1.165) is 49.5 Å². The zero-order valence-electron chi connectivity index (χ0n) is 17.0. The number of thiazole rings is 1. The number of aliphatic imine (C=N–C) groups is 1. The first kappa shape index (κ1) is 20.4. The number of nitrogens with one attached hydrogen (secondary N) is 1. The third-order valence-corrected chi connectivity index (χ3v) is 5.76. The Balaban J connectivity index is 1.43. The highest BCUT2D eigenvalue weighted by molar-refractivity contribution is 7.13. The molecule has 0 saturated carbocycles. The van der Waals surface area contributed by atoms with E-state index in [-0.39, 0.29) is 0 Å². The Morgan fingerprint density at radius 1 is 1.21 bits per heavy atom. The predicted molar refractivity (Wildman–Crippen MR) is 120 cm³/mol. The van der Waals surface area contributed by atoms with E-state index in [2.05, 4.69) is 66.9 Å². The summed E-state index contributed by atoms with van der Waals surface area (Å²) in [6, 6.07) is 10.5. The number of nitrogens with zero attached hydrogens (tertiary/aromatic N) is 5. The van der Waals surface area contributed by atoms with Crippen LogP contribution in [0.1, 0.15) is 11.3 Å². The van der Waals surface area contributed by atoms with Crippen molar-refractivity contribution >= 4 is 28.5 Å². The first-order valence-corrected chi connectivity index (χ1v) is 10.5. The highest BCUT2D eigenvalue weighted by Gasteiger charge is 2.18. The molecule has 1 aromatic carbocycles. The van der Waals surface area contributed by atoms with Crippen molar-refractivity contribution in [3.63, 3.8) is 0 Å². The lowest BCUT2D eigenvalue weighted by Crippen LogP contribution is -2.52. The van der Waals surface area contributed by atoms with Gasteiger partial charge < -0.3 is 15.1 Å². The molecule has 150 valence electrons. The Hall–Kier alpha value is -2.38. The summed E-state index contributed by atoms with van der Waals surface area (Å²) in [5.41, 5.74) is 2.31. The maximum Gasteiger partial charge on any atom is 0.194 e. The topological polar surface area (TPSA) is 47.0 Å². The second-order valence-electron chi connectivity index (χ2n) is 7.02. The van der Waals surface area contributed by atoms with Gasteiger partial charge in [0.1, 0.15) is 0 Å². The Morgan fingerprint density at radius 3 is 2.61 bits per heavy atom. The van der Waals surface area contributed by atoms with Gasteiger partial charge in [-0.15, -0.1) is 11.3 Å². The molecule has 6 nitrogen and oxygen atoms in total. The second kappa shape index (κ2) is 10.2. The van der Waals surface area contributed by atoms with Gasteiger partial charge in [0, 0.05) is 59.2 Å². The fourth-order valence-electron chi connectivity index (χ4n) is 3.13. The van der Waals surface area contributed by atoms with Crippen LogP contribution in [0, 0.1) is 0 Å². The molecule has 0 aliphatic carbocycles. The third kappa shape index (κ3) is 5.81. The van der Waals surface area contributed by atoms with Crippen molar-refractivity contribution in [2.24, 2.45) is 4.99 Å². The molecule has 1 aliphatic heterocycles. The average molecular weight is 399 g/mol. The van der Waals surface area contributed by atoms with Crippen molar-refractivity contribution in [2.75, 3.05) is 58.8 Å². The van der Waals surface area contributed by atoms with Crippen LogP contribution in [0.15, 0.2) is 46.8 Å². The number of hydrogen-bond donors (Lipinski definition) is 1. The number of guanidine groups is 1. The Morgan fingerprint density at radius 2 is 1.96 bits per heavy atom. The van der Waals surface area contributed by atoms with Crippen LogP contribution in [-0.4, -0.2) is 74.6 Å². The van der Waals surface area contributed by atoms with Gasteiger partial charge in [0.15, 0.2) is 11.1 Å². The van der Waals surface area contributed by atoms with Crippen LogP contribution in [0.25, 0.3) is 6.08 Å². The van der Waals surface area contributed by atoms with E-state index in [4.69, 9.17) is 0 Å². The smallest absolute Gasteiger partial charge is 0.194 e. The number of hydrogen-bond acceptors (Lipinski definition) is 5. The van der Waals surface area contributed by atoms with Crippen LogP contribution in [0.5, 0.6) is 0 Å². The van der Waals surface area contributed by atoms with Crippen molar-refractivity contribution in [2.45, 2.75) is 6.54 Å². The van der Waals surface area contributed by atoms with E-state index >= 15 is 0 Å². The first-order chi connectivity index (χ1) is 13.7. The molecule has 1 fully saturated rings. The van der Waals surface area contributed by atoms with Crippen LogP contribution < -0.4 is 10.2 Å². The van der Waals surface area contributed by atoms with Crippen molar-refractivity contribution in [3.05, 3.63) is 53.0 Å². The van der Waals surface area contributed by atoms with E-state index in [1.54, 1.807) is 11.3 Å². The largest absolute Gasteiger partial charge is 0.354 e. The van der Waals surface area contributed by atoms with Crippen LogP contribution in [0.3, 0.4) is 0 Å². The van der Waals surface area contributed by atoms with Gasteiger partial charge in [0.2, 0.25) is 0 Å². The van der Waals surface area contributed by atoms with Gasteiger partial charge >= 0.3 is 0 Å². The number of anilines is 1. The summed E-state index contributed by atoms with van der Waals surface area (Å²) in [5.74, 6) is 0.957. The summed E-state index contributed by atoms with van der Waals surface area (Å²) >= 11 is 1.67. The van der Waals surface area contributed by atoms with E-state index < -0.39 is 0 Å². The van der Waals surface area contributed by atoms with Gasteiger partial charge in [0.25, 0.3) is 0 Å². The van der Waals surface area contributed by atoms with E-state index in [1.807, 2.05) is 32.1 Å². The molecule has 3 rings (SSSR count). The van der Waals surface area contributed by atoms with Gasteiger partial charge in [-0.2, -0.15) is 0 Å². The minimum Gasteiger partial charge on any atom is -0.354 e. The molecule has 0 spiro atoms. The summed E-state index contributed by atoms with van der Waals surface area (Å²) in [5, 5.41) is 6.59. The lowest BCUT2D eigenvalue weighted by Gasteiger charge is -2.36. The molecule has 1 N–H and O–H groups in total. The minimum absolute atomic E-state index is 0.705. The summed E-state index contributed by atoms with van der Waals surface area (Å²) in [6.45, 7) is 5.75. The van der Waals surface area contributed by atoms with Gasteiger partial charge in [-0.3, -0.25) is 9.89 Å². The molecule has 7 heteroatoms. The summed E-state index contributed by atoms with van der Waals surface area (Å²) < 4.78 is 0. The standard InChI is InChI=1S/C21H30N6S/c1-22-20(23-16-19-17-28-21(24-19)25(2)3)27-14-12-26(13-15-27)11-7-10-18-8-5-4-6-9-18/h4-10,17H,11-16H2,1-3H3,(H,22,23)/b10-7+. The molecular weight excluding hydrogens is 368 g/mol. The van der Waals surface area contributed by atoms with Gasteiger partial charge in [-0.25, -0.2) is 4.98 Å². The second-order valence-corrected chi connectivity index (χ2v) is 7.85. The van der Waals surface area contributed by atoms with E-state index in [1.165, 1.54) is 5.56 Å². The van der Waals surface area contributed by atoms with Gasteiger partial charge in [-0.1, -0.05) is 42.5 Å². The first-order valence-electron chi connectivity index (χ1n) is 9.67.